The highest BCUT2D eigenvalue weighted by Crippen LogP contribution is 2.36. The molecule has 2 aromatic carbocycles. The Morgan fingerprint density at radius 2 is 1.72 bits per heavy atom. The molecule has 39 heavy (non-hydrogen) atoms. The van der Waals surface area contributed by atoms with Gasteiger partial charge in [0.2, 0.25) is 0 Å². The number of thiazole rings is 1. The standard InChI is InChI=1S/C29H32N2O7S/c1-7-36-21-13-11-19(14-23(21)37-8-2)26-25(28(33)38-9-3)17(4)30-29-31(26)27(32)24(39-29)15-18-10-12-20(34-5)16-22(18)35-6/h10-16,26H,7-9H2,1-6H3. The van der Waals surface area contributed by atoms with E-state index in [0.29, 0.717) is 67.9 Å². The maximum atomic E-state index is 13.9. The number of ether oxygens (including phenoxy) is 5. The molecule has 1 aliphatic rings. The first kappa shape index (κ1) is 28.0. The van der Waals surface area contributed by atoms with Crippen molar-refractivity contribution in [3.05, 3.63) is 78.5 Å². The van der Waals surface area contributed by atoms with Gasteiger partial charge in [0.15, 0.2) is 16.3 Å². The molecule has 0 saturated heterocycles. The zero-order valence-corrected chi connectivity index (χ0v) is 23.7. The van der Waals surface area contributed by atoms with E-state index in [9.17, 15) is 9.59 Å². The normalized spacial score (nSPS) is 14.9. The van der Waals surface area contributed by atoms with E-state index in [2.05, 4.69) is 4.99 Å². The molecule has 10 heteroatoms. The molecule has 1 aliphatic heterocycles. The number of allylic oxidation sites excluding steroid dienone is 1. The van der Waals surface area contributed by atoms with Gasteiger partial charge in [0.05, 0.1) is 55.9 Å². The fourth-order valence-corrected chi connectivity index (χ4v) is 5.46. The quantitative estimate of drug-likeness (QED) is 0.355. The molecule has 0 N–H and O–H groups in total. The molecule has 9 nitrogen and oxygen atoms in total. The molecule has 3 aromatic rings. The number of aromatic nitrogens is 1. The van der Waals surface area contributed by atoms with Crippen LogP contribution in [0.15, 0.2) is 57.5 Å². The summed E-state index contributed by atoms with van der Waals surface area (Å²) in [4.78, 5) is 32.2. The first-order chi connectivity index (χ1) is 18.9. The lowest BCUT2D eigenvalue weighted by molar-refractivity contribution is -0.139. The minimum absolute atomic E-state index is 0.192. The summed E-state index contributed by atoms with van der Waals surface area (Å²) in [5.41, 5.74) is 1.88. The highest BCUT2D eigenvalue weighted by molar-refractivity contribution is 7.07. The van der Waals surface area contributed by atoms with Crippen LogP contribution in [0.5, 0.6) is 23.0 Å². The molecule has 0 fully saturated rings. The van der Waals surface area contributed by atoms with Crippen LogP contribution in [0.3, 0.4) is 0 Å². The number of hydrogen-bond acceptors (Lipinski definition) is 9. The molecular formula is C29H32N2O7S. The molecule has 0 aliphatic carbocycles. The van der Waals surface area contributed by atoms with Gasteiger partial charge in [0, 0.05) is 11.6 Å². The number of nitrogens with zero attached hydrogens (tertiary/aromatic N) is 2. The lowest BCUT2D eigenvalue weighted by Gasteiger charge is -2.25. The largest absolute Gasteiger partial charge is 0.497 e. The van der Waals surface area contributed by atoms with Crippen LogP contribution in [-0.4, -0.2) is 44.6 Å². The highest BCUT2D eigenvalue weighted by atomic mass is 32.1. The van der Waals surface area contributed by atoms with Crippen LogP contribution < -0.4 is 33.8 Å². The molecule has 0 bridgehead atoms. The van der Waals surface area contributed by atoms with Crippen LogP contribution in [0.25, 0.3) is 6.08 Å². The summed E-state index contributed by atoms with van der Waals surface area (Å²) in [6, 6.07) is 10.0. The molecule has 206 valence electrons. The van der Waals surface area contributed by atoms with Crippen LogP contribution in [0, 0.1) is 0 Å². The minimum Gasteiger partial charge on any atom is -0.497 e. The second-order valence-corrected chi connectivity index (χ2v) is 9.49. The van der Waals surface area contributed by atoms with Crippen molar-refractivity contribution < 1.29 is 28.5 Å². The fraction of sp³-hybridized carbons (Fsp3) is 0.345. The molecule has 0 radical (unpaired) electrons. The van der Waals surface area contributed by atoms with Crippen molar-refractivity contribution in [1.82, 2.24) is 4.57 Å². The Hall–Kier alpha value is -4.05. The van der Waals surface area contributed by atoms with E-state index in [1.807, 2.05) is 26.0 Å². The van der Waals surface area contributed by atoms with E-state index >= 15 is 0 Å². The van der Waals surface area contributed by atoms with Crippen LogP contribution in [0.1, 0.15) is 44.9 Å². The fourth-order valence-electron chi connectivity index (χ4n) is 4.42. The zero-order valence-electron chi connectivity index (χ0n) is 22.9. The molecule has 1 atom stereocenters. The Morgan fingerprint density at radius 1 is 0.974 bits per heavy atom. The van der Waals surface area contributed by atoms with E-state index in [4.69, 9.17) is 23.7 Å². The second kappa shape index (κ2) is 12.2. The van der Waals surface area contributed by atoms with Gasteiger partial charge in [0.25, 0.3) is 5.56 Å². The summed E-state index contributed by atoms with van der Waals surface area (Å²) in [6.45, 7) is 8.35. The van der Waals surface area contributed by atoms with Crippen LogP contribution in [-0.2, 0) is 9.53 Å². The molecule has 1 aromatic heterocycles. The minimum atomic E-state index is -0.768. The van der Waals surface area contributed by atoms with Gasteiger partial charge in [-0.2, -0.15) is 0 Å². The van der Waals surface area contributed by atoms with Gasteiger partial charge in [-0.05, 0) is 63.6 Å². The number of methoxy groups -OCH3 is 2. The van der Waals surface area contributed by atoms with E-state index < -0.39 is 12.0 Å². The average Bonchev–Trinajstić information content (AvgIpc) is 3.23. The van der Waals surface area contributed by atoms with Crippen molar-refractivity contribution >= 4 is 23.4 Å². The highest BCUT2D eigenvalue weighted by Gasteiger charge is 2.34. The van der Waals surface area contributed by atoms with Crippen molar-refractivity contribution in [2.75, 3.05) is 34.0 Å². The lowest BCUT2D eigenvalue weighted by Crippen LogP contribution is -2.40. The van der Waals surface area contributed by atoms with Gasteiger partial charge in [-0.15, -0.1) is 0 Å². The molecule has 4 rings (SSSR count). The Labute approximate surface area is 230 Å². The van der Waals surface area contributed by atoms with Crippen LogP contribution >= 0.6 is 11.3 Å². The van der Waals surface area contributed by atoms with Crippen molar-refractivity contribution in [2.24, 2.45) is 4.99 Å². The summed E-state index contributed by atoms with van der Waals surface area (Å²) >= 11 is 1.24. The van der Waals surface area contributed by atoms with E-state index in [0.717, 1.165) is 0 Å². The summed E-state index contributed by atoms with van der Waals surface area (Å²) in [5.74, 6) is 1.79. The smallest absolute Gasteiger partial charge is 0.338 e. The monoisotopic (exact) mass is 552 g/mol. The van der Waals surface area contributed by atoms with Crippen LogP contribution in [0.2, 0.25) is 0 Å². The lowest BCUT2D eigenvalue weighted by atomic mass is 9.95. The Balaban J connectivity index is 1.95. The number of carbonyl (C=O) groups is 1. The molecule has 1 unspecified atom stereocenters. The predicted molar refractivity (Wildman–Crippen MR) is 149 cm³/mol. The summed E-state index contributed by atoms with van der Waals surface area (Å²) in [6.07, 6.45) is 1.76. The predicted octanol–water partition coefficient (Wildman–Crippen LogP) is 3.61. The van der Waals surface area contributed by atoms with Crippen molar-refractivity contribution in [3.8, 4) is 23.0 Å². The Kier molecular flexibility index (Phi) is 8.75. The maximum Gasteiger partial charge on any atom is 0.338 e. The van der Waals surface area contributed by atoms with Gasteiger partial charge in [-0.1, -0.05) is 17.4 Å². The summed E-state index contributed by atoms with van der Waals surface area (Å²) < 4.78 is 29.8. The summed E-state index contributed by atoms with van der Waals surface area (Å²) in [5, 5.41) is 0. The number of esters is 1. The zero-order chi connectivity index (χ0) is 28.1. The molecule has 0 amide bonds. The van der Waals surface area contributed by atoms with Gasteiger partial charge in [-0.3, -0.25) is 9.36 Å². The van der Waals surface area contributed by atoms with Crippen molar-refractivity contribution in [3.63, 3.8) is 0 Å². The summed E-state index contributed by atoms with van der Waals surface area (Å²) in [7, 11) is 3.14. The van der Waals surface area contributed by atoms with Crippen molar-refractivity contribution in [2.45, 2.75) is 33.7 Å². The van der Waals surface area contributed by atoms with Gasteiger partial charge < -0.3 is 23.7 Å². The molecule has 0 spiro atoms. The Bertz CT molecular complexity index is 1590. The number of fused-ring (bicyclic) bond motifs is 1. The topological polar surface area (TPSA) is 97.6 Å². The maximum absolute atomic E-state index is 13.9. The Morgan fingerprint density at radius 3 is 2.38 bits per heavy atom. The molecular weight excluding hydrogens is 520 g/mol. The number of carbonyl (C=O) groups excluding carboxylic acids is 1. The number of rotatable bonds is 10. The number of benzene rings is 2. The van der Waals surface area contributed by atoms with Gasteiger partial charge in [0.1, 0.15) is 11.5 Å². The third kappa shape index (κ3) is 5.56. The van der Waals surface area contributed by atoms with E-state index in [1.165, 1.54) is 15.9 Å². The van der Waals surface area contributed by atoms with Gasteiger partial charge >= 0.3 is 5.97 Å². The van der Waals surface area contributed by atoms with Gasteiger partial charge in [-0.25, -0.2) is 9.79 Å². The third-order valence-electron chi connectivity index (χ3n) is 6.13. The molecule has 0 saturated carbocycles. The first-order valence-corrected chi connectivity index (χ1v) is 13.5. The second-order valence-electron chi connectivity index (χ2n) is 8.48. The molecule has 2 heterocycles. The number of hydrogen-bond donors (Lipinski definition) is 0. The van der Waals surface area contributed by atoms with E-state index in [1.54, 1.807) is 58.4 Å². The van der Waals surface area contributed by atoms with Crippen LogP contribution in [0.4, 0.5) is 0 Å². The SMILES string of the molecule is CCOC(=O)C1=C(C)N=c2sc(=Cc3ccc(OC)cc3OC)c(=O)n2C1c1ccc(OCC)c(OCC)c1. The van der Waals surface area contributed by atoms with E-state index in [-0.39, 0.29) is 12.2 Å². The van der Waals surface area contributed by atoms with Crippen molar-refractivity contribution in [1.29, 1.82) is 0 Å². The average molecular weight is 553 g/mol. The third-order valence-corrected chi connectivity index (χ3v) is 7.11. The first-order valence-electron chi connectivity index (χ1n) is 12.7.